The summed E-state index contributed by atoms with van der Waals surface area (Å²) in [6, 6.07) is 34.3. The molecule has 0 aliphatic heterocycles. The number of hydrogen-bond acceptors (Lipinski definition) is 4. The maximum atomic E-state index is 4.54. The fourth-order valence-corrected chi connectivity index (χ4v) is 5.00. The lowest BCUT2D eigenvalue weighted by Gasteiger charge is -2.03. The van der Waals surface area contributed by atoms with E-state index in [-0.39, 0.29) is 0 Å². The third kappa shape index (κ3) is 7.86. The van der Waals surface area contributed by atoms with Crippen LogP contribution in [0.3, 0.4) is 0 Å². The third-order valence-electron chi connectivity index (χ3n) is 7.38. The van der Waals surface area contributed by atoms with Crippen molar-refractivity contribution in [2.45, 2.75) is 38.8 Å². The van der Waals surface area contributed by atoms with Crippen LogP contribution in [0.5, 0.6) is 0 Å². The zero-order valence-electron chi connectivity index (χ0n) is 24.7. The molecule has 0 N–H and O–H groups in total. The SMILES string of the molecule is c1cc[n+](CCCCCC[n+]2cccc(/N=N/c3ccc(-n4cccc4)cc3)c2)c(/N=N/c2ccc(-n3cccc3)cc2)c1. The third-order valence-corrected chi connectivity index (χ3v) is 7.38. The van der Waals surface area contributed by atoms with Gasteiger partial charge in [0.1, 0.15) is 17.9 Å². The minimum absolute atomic E-state index is 0.833. The molecule has 8 heteroatoms. The van der Waals surface area contributed by atoms with E-state index in [2.05, 4.69) is 69.4 Å². The Morgan fingerprint density at radius 2 is 1.02 bits per heavy atom. The van der Waals surface area contributed by atoms with Gasteiger partial charge in [-0.2, -0.15) is 5.11 Å². The molecule has 0 fully saturated rings. The van der Waals surface area contributed by atoms with Crippen LogP contribution in [0, 0.1) is 0 Å². The molecule has 4 heterocycles. The number of aryl methyl sites for hydroxylation is 2. The Morgan fingerprint density at radius 1 is 0.455 bits per heavy atom. The van der Waals surface area contributed by atoms with Crippen molar-refractivity contribution in [3.05, 3.63) is 147 Å². The standard InChI is InChI=1S/C36H36N8/c1(4-22-41-23-11-12-33(30-41)39-37-31-14-18-34(19-15-31)42-24-7-8-25-42)2-5-28-44-29-6-3-13-36(44)40-38-32-16-20-35(21-17-32)43-26-9-10-27-43/h3,6-21,23-27,29-30H,1-2,4-5,22,28H2/q+2/b39-37+. The normalized spacial score (nSPS) is 11.5. The molecule has 0 bridgehead atoms. The number of nitrogens with zero attached hydrogens (tertiary/aromatic N) is 8. The molecule has 0 aliphatic carbocycles. The molecule has 0 spiro atoms. The number of aromatic nitrogens is 4. The first kappa shape index (κ1) is 28.6. The van der Waals surface area contributed by atoms with Gasteiger partial charge >= 0.3 is 5.82 Å². The van der Waals surface area contributed by atoms with Crippen LogP contribution in [0.4, 0.5) is 22.9 Å². The highest BCUT2D eigenvalue weighted by atomic mass is 15.2. The molecule has 0 atom stereocenters. The average molecular weight is 581 g/mol. The molecule has 6 aromatic rings. The van der Waals surface area contributed by atoms with E-state index in [9.17, 15) is 0 Å². The van der Waals surface area contributed by atoms with Crippen LogP contribution in [-0.4, -0.2) is 9.13 Å². The lowest BCUT2D eigenvalue weighted by molar-refractivity contribution is -0.697. The fourth-order valence-electron chi connectivity index (χ4n) is 5.00. The molecule has 0 radical (unpaired) electrons. The quantitative estimate of drug-likeness (QED) is 0.0744. The van der Waals surface area contributed by atoms with E-state index in [1.165, 1.54) is 0 Å². The van der Waals surface area contributed by atoms with Crippen LogP contribution in [0.2, 0.25) is 0 Å². The summed E-state index contributed by atoms with van der Waals surface area (Å²) in [6.45, 7) is 1.87. The molecule has 0 aliphatic rings. The first-order chi connectivity index (χ1) is 21.8. The highest BCUT2D eigenvalue weighted by Gasteiger charge is 2.09. The zero-order chi connectivity index (χ0) is 29.8. The van der Waals surface area contributed by atoms with Crippen molar-refractivity contribution in [3.63, 3.8) is 0 Å². The lowest BCUT2D eigenvalue weighted by Crippen LogP contribution is -2.33. The summed E-state index contributed by atoms with van der Waals surface area (Å²) in [5.41, 5.74) is 4.72. The summed E-state index contributed by atoms with van der Waals surface area (Å²) < 4.78 is 8.51. The number of benzene rings is 2. The van der Waals surface area contributed by atoms with Gasteiger partial charge in [-0.1, -0.05) is 6.07 Å². The van der Waals surface area contributed by atoms with Gasteiger partial charge in [0.2, 0.25) is 0 Å². The van der Waals surface area contributed by atoms with Crippen LogP contribution in [0.25, 0.3) is 11.4 Å². The van der Waals surface area contributed by atoms with Crippen molar-refractivity contribution in [2.75, 3.05) is 0 Å². The van der Waals surface area contributed by atoms with Gasteiger partial charge in [0.05, 0.1) is 23.5 Å². The molecule has 218 valence electrons. The zero-order valence-corrected chi connectivity index (χ0v) is 24.7. The average Bonchev–Trinajstić information content (AvgIpc) is 3.82. The van der Waals surface area contributed by atoms with E-state index in [4.69, 9.17) is 0 Å². The van der Waals surface area contributed by atoms with Gasteiger partial charge in [-0.25, -0.2) is 9.13 Å². The Hall–Kier alpha value is -5.50. The number of rotatable bonds is 13. The van der Waals surface area contributed by atoms with E-state index in [0.29, 0.717) is 0 Å². The molecular formula is C36H36N8+2. The molecule has 0 amide bonds. The molecule has 44 heavy (non-hydrogen) atoms. The van der Waals surface area contributed by atoms with E-state index >= 15 is 0 Å². The van der Waals surface area contributed by atoms with E-state index in [1.54, 1.807) is 0 Å². The highest BCUT2D eigenvalue weighted by molar-refractivity contribution is 5.46. The Bertz CT molecular complexity index is 1790. The van der Waals surface area contributed by atoms with Crippen LogP contribution < -0.4 is 9.13 Å². The smallest absolute Gasteiger partial charge is 0.324 e. The predicted octanol–water partition coefficient (Wildman–Crippen LogP) is 8.93. The number of azo groups is 2. The molecule has 8 nitrogen and oxygen atoms in total. The maximum absolute atomic E-state index is 4.54. The van der Waals surface area contributed by atoms with Gasteiger partial charge in [-0.3, -0.25) is 0 Å². The molecule has 0 saturated heterocycles. The Kier molecular flexibility index (Phi) is 9.49. The topological polar surface area (TPSA) is 67.1 Å². The number of hydrogen-bond donors (Lipinski definition) is 0. The van der Waals surface area contributed by atoms with Crippen LogP contribution in [0.1, 0.15) is 25.7 Å². The fraction of sp³-hybridized carbons (Fsp3) is 0.167. The molecule has 0 unspecified atom stereocenters. The summed E-state index contributed by atoms with van der Waals surface area (Å²) in [4.78, 5) is 0. The van der Waals surface area contributed by atoms with E-state index in [0.717, 1.165) is 73.0 Å². The number of unbranched alkanes of at least 4 members (excludes halogenated alkanes) is 3. The predicted molar refractivity (Wildman–Crippen MR) is 172 cm³/mol. The Morgan fingerprint density at radius 3 is 1.66 bits per heavy atom. The van der Waals surface area contributed by atoms with Gasteiger partial charge in [0.15, 0.2) is 12.4 Å². The van der Waals surface area contributed by atoms with Gasteiger partial charge in [-0.05, 0) is 109 Å². The van der Waals surface area contributed by atoms with Crippen molar-refractivity contribution in [1.29, 1.82) is 0 Å². The summed E-state index contributed by atoms with van der Waals surface area (Å²) in [5.74, 6) is 0.861. The highest BCUT2D eigenvalue weighted by Crippen LogP contribution is 2.20. The Labute approximate surface area is 257 Å². The van der Waals surface area contributed by atoms with Crippen molar-refractivity contribution in [3.8, 4) is 11.4 Å². The van der Waals surface area contributed by atoms with Crippen molar-refractivity contribution < 1.29 is 9.13 Å². The van der Waals surface area contributed by atoms with Crippen molar-refractivity contribution in [2.24, 2.45) is 20.5 Å². The van der Waals surface area contributed by atoms with Gasteiger partial charge in [0.25, 0.3) is 0 Å². The minimum Gasteiger partial charge on any atom is -0.324 e. The summed E-state index contributed by atoms with van der Waals surface area (Å²) in [5, 5.41) is 17.9. The monoisotopic (exact) mass is 580 g/mol. The van der Waals surface area contributed by atoms with Crippen LogP contribution in [-0.2, 0) is 13.1 Å². The van der Waals surface area contributed by atoms with E-state index in [1.807, 2.05) is 116 Å². The van der Waals surface area contributed by atoms with Gasteiger partial charge in [0, 0.05) is 54.7 Å². The van der Waals surface area contributed by atoms with Crippen LogP contribution >= 0.6 is 0 Å². The number of pyridine rings is 2. The second-order valence-electron chi connectivity index (χ2n) is 10.6. The second-order valence-corrected chi connectivity index (χ2v) is 10.6. The first-order valence-electron chi connectivity index (χ1n) is 15.1. The van der Waals surface area contributed by atoms with Gasteiger partial charge in [-0.15, -0.1) is 5.11 Å². The summed E-state index contributed by atoms with van der Waals surface area (Å²) in [7, 11) is 0. The van der Waals surface area contributed by atoms with Crippen molar-refractivity contribution >= 4 is 22.9 Å². The minimum atomic E-state index is 0.833. The molecule has 6 rings (SSSR count). The molecular weight excluding hydrogens is 544 g/mol. The van der Waals surface area contributed by atoms with E-state index < -0.39 is 0 Å². The first-order valence-corrected chi connectivity index (χ1v) is 15.1. The lowest BCUT2D eigenvalue weighted by atomic mass is 10.2. The summed E-state index contributed by atoms with van der Waals surface area (Å²) >= 11 is 0. The Balaban J connectivity index is 0.940. The maximum Gasteiger partial charge on any atom is 0.350 e. The van der Waals surface area contributed by atoms with Crippen LogP contribution in [0.15, 0.2) is 167 Å². The largest absolute Gasteiger partial charge is 0.350 e. The molecule has 4 aromatic heterocycles. The molecule has 0 saturated carbocycles. The van der Waals surface area contributed by atoms with Gasteiger partial charge < -0.3 is 9.13 Å². The molecule has 2 aromatic carbocycles. The second kappa shape index (κ2) is 14.6. The summed E-state index contributed by atoms with van der Waals surface area (Å²) in [6.07, 6.45) is 18.8. The van der Waals surface area contributed by atoms with Crippen molar-refractivity contribution in [1.82, 2.24) is 9.13 Å².